The average molecular weight is 219 g/mol. The first-order valence-corrected chi connectivity index (χ1v) is 5.23. The van der Waals surface area contributed by atoms with Crippen LogP contribution in [0.15, 0.2) is 47.8 Å². The average Bonchev–Trinajstić information content (AvgIpc) is 2.45. The summed E-state index contributed by atoms with van der Waals surface area (Å²) in [7, 11) is 0. The van der Waals surface area contributed by atoms with E-state index in [-0.39, 0.29) is 18.1 Å². The van der Waals surface area contributed by atoms with Gasteiger partial charge in [0.15, 0.2) is 0 Å². The second-order valence-electron chi connectivity index (χ2n) is 3.61. The molecule has 3 heteroatoms. The van der Waals surface area contributed by atoms with Crippen molar-refractivity contribution in [3.05, 3.63) is 47.8 Å². The number of aliphatic hydroxyl groups excluding tert-OH is 1. The topological polar surface area (TPSA) is 53.3 Å². The van der Waals surface area contributed by atoms with Gasteiger partial charge in [-0.1, -0.05) is 30.4 Å². The molecule has 0 unspecified atom stereocenters. The lowest BCUT2D eigenvalue weighted by atomic mass is 10.2. The van der Waals surface area contributed by atoms with Crippen molar-refractivity contribution in [2.75, 3.05) is 13.2 Å². The van der Waals surface area contributed by atoms with E-state index in [1.807, 2.05) is 18.2 Å². The van der Waals surface area contributed by atoms with Crippen LogP contribution in [0.1, 0.15) is 13.3 Å². The van der Waals surface area contributed by atoms with Gasteiger partial charge in [-0.25, -0.2) is 0 Å². The number of rotatable bonds is 5. The van der Waals surface area contributed by atoms with Crippen molar-refractivity contribution < 1.29 is 9.84 Å². The molecule has 0 fully saturated rings. The highest BCUT2D eigenvalue weighted by Gasteiger charge is 1.97. The van der Waals surface area contributed by atoms with E-state index < -0.39 is 0 Å². The number of nitrogens with one attached hydrogen (secondary N) is 1. The Morgan fingerprint density at radius 3 is 3.12 bits per heavy atom. The molecule has 0 heterocycles. The van der Waals surface area contributed by atoms with Crippen molar-refractivity contribution >= 4 is 5.71 Å². The maximum Gasteiger partial charge on any atom is 0.0910 e. The fourth-order valence-corrected chi connectivity index (χ4v) is 1.30. The standard InChI is InChI=1S/C13H17NO2/c1-11(15)8-13(14)10-16-9-12-6-4-2-3-5-7-12/h2-4,6-8,14-15H,5,9-10H2,1H3/b11-8-,14-13?. The van der Waals surface area contributed by atoms with Gasteiger partial charge < -0.3 is 15.3 Å². The van der Waals surface area contributed by atoms with Crippen LogP contribution in [-0.2, 0) is 4.74 Å². The SMILES string of the molecule is C/C(O)=C/C(=N)COCC1=CCC=CC=C1. The highest BCUT2D eigenvalue weighted by molar-refractivity contribution is 5.93. The highest BCUT2D eigenvalue weighted by atomic mass is 16.5. The van der Waals surface area contributed by atoms with Crippen molar-refractivity contribution in [1.82, 2.24) is 0 Å². The fraction of sp³-hybridized carbons (Fsp3) is 0.308. The van der Waals surface area contributed by atoms with Gasteiger partial charge in [-0.3, -0.25) is 0 Å². The van der Waals surface area contributed by atoms with Gasteiger partial charge >= 0.3 is 0 Å². The Labute approximate surface area is 95.9 Å². The van der Waals surface area contributed by atoms with Crippen molar-refractivity contribution in [3.8, 4) is 0 Å². The van der Waals surface area contributed by atoms with Crippen LogP contribution in [0.2, 0.25) is 0 Å². The Morgan fingerprint density at radius 2 is 2.38 bits per heavy atom. The maximum absolute atomic E-state index is 8.94. The van der Waals surface area contributed by atoms with Gasteiger partial charge in [0, 0.05) is 0 Å². The van der Waals surface area contributed by atoms with Gasteiger partial charge in [-0.05, 0) is 25.0 Å². The van der Waals surface area contributed by atoms with Crippen LogP contribution < -0.4 is 0 Å². The van der Waals surface area contributed by atoms with Gasteiger partial charge in [-0.15, -0.1) is 0 Å². The van der Waals surface area contributed by atoms with Crippen molar-refractivity contribution in [1.29, 1.82) is 5.41 Å². The van der Waals surface area contributed by atoms with Crippen LogP contribution in [0.25, 0.3) is 0 Å². The molecule has 86 valence electrons. The van der Waals surface area contributed by atoms with Gasteiger partial charge in [0.1, 0.15) is 0 Å². The van der Waals surface area contributed by atoms with Crippen LogP contribution in [0.4, 0.5) is 0 Å². The lowest BCUT2D eigenvalue weighted by molar-refractivity contribution is 0.199. The van der Waals surface area contributed by atoms with E-state index in [4.69, 9.17) is 15.3 Å². The minimum Gasteiger partial charge on any atom is -0.513 e. The van der Waals surface area contributed by atoms with Gasteiger partial charge in [-0.2, -0.15) is 0 Å². The summed E-state index contributed by atoms with van der Waals surface area (Å²) >= 11 is 0. The quantitative estimate of drug-likeness (QED) is 0.551. The first-order valence-electron chi connectivity index (χ1n) is 5.23. The van der Waals surface area contributed by atoms with Gasteiger partial charge in [0.05, 0.1) is 24.7 Å². The first-order chi connectivity index (χ1) is 7.68. The molecule has 2 N–H and O–H groups in total. The monoisotopic (exact) mass is 219 g/mol. The van der Waals surface area contributed by atoms with E-state index in [2.05, 4.69) is 12.2 Å². The van der Waals surface area contributed by atoms with E-state index in [9.17, 15) is 0 Å². The summed E-state index contributed by atoms with van der Waals surface area (Å²) < 4.78 is 5.36. The van der Waals surface area contributed by atoms with E-state index in [0.29, 0.717) is 6.61 Å². The van der Waals surface area contributed by atoms with Crippen LogP contribution in [0.5, 0.6) is 0 Å². The molecule has 0 saturated carbocycles. The van der Waals surface area contributed by atoms with Gasteiger partial charge in [0.2, 0.25) is 0 Å². The molecule has 0 atom stereocenters. The Balaban J connectivity index is 2.28. The predicted molar refractivity (Wildman–Crippen MR) is 65.9 cm³/mol. The third-order valence-electron chi connectivity index (χ3n) is 1.98. The molecule has 0 aromatic heterocycles. The molecule has 16 heavy (non-hydrogen) atoms. The minimum absolute atomic E-state index is 0.131. The molecule has 0 amide bonds. The van der Waals surface area contributed by atoms with Gasteiger partial charge in [0.25, 0.3) is 0 Å². The zero-order valence-electron chi connectivity index (χ0n) is 9.44. The minimum atomic E-state index is 0.131. The Morgan fingerprint density at radius 1 is 1.56 bits per heavy atom. The molecular formula is C13H17NO2. The van der Waals surface area contributed by atoms with Crippen molar-refractivity contribution in [3.63, 3.8) is 0 Å². The Kier molecular flexibility index (Phi) is 5.29. The zero-order valence-corrected chi connectivity index (χ0v) is 9.44. The summed E-state index contributed by atoms with van der Waals surface area (Å²) in [4.78, 5) is 0. The van der Waals surface area contributed by atoms with E-state index in [1.165, 1.54) is 13.0 Å². The molecule has 3 nitrogen and oxygen atoms in total. The van der Waals surface area contributed by atoms with E-state index >= 15 is 0 Å². The third kappa shape index (κ3) is 5.32. The molecule has 1 rings (SSSR count). The molecule has 0 aromatic rings. The summed E-state index contributed by atoms with van der Waals surface area (Å²) in [6, 6.07) is 0. The maximum atomic E-state index is 8.94. The van der Waals surface area contributed by atoms with Crippen LogP contribution in [-0.4, -0.2) is 24.0 Å². The lowest BCUT2D eigenvalue weighted by Gasteiger charge is -2.04. The summed E-state index contributed by atoms with van der Waals surface area (Å²) in [5, 5.41) is 16.4. The summed E-state index contributed by atoms with van der Waals surface area (Å²) in [5.74, 6) is 0.131. The molecule has 1 aliphatic rings. The fourth-order valence-electron chi connectivity index (χ4n) is 1.30. The van der Waals surface area contributed by atoms with Crippen LogP contribution in [0.3, 0.4) is 0 Å². The second-order valence-corrected chi connectivity index (χ2v) is 3.61. The lowest BCUT2D eigenvalue weighted by Crippen LogP contribution is -2.07. The molecule has 0 aliphatic heterocycles. The summed E-state index contributed by atoms with van der Waals surface area (Å²) in [5.41, 5.74) is 1.39. The predicted octanol–water partition coefficient (Wildman–Crippen LogP) is 2.93. The molecule has 0 bridgehead atoms. The van der Waals surface area contributed by atoms with Crippen molar-refractivity contribution in [2.45, 2.75) is 13.3 Å². The Hall–Kier alpha value is -1.61. The van der Waals surface area contributed by atoms with E-state index in [1.54, 1.807) is 0 Å². The van der Waals surface area contributed by atoms with Crippen LogP contribution in [0, 0.1) is 5.41 Å². The molecule has 0 saturated heterocycles. The number of ether oxygens (including phenoxy) is 1. The number of hydrogen-bond donors (Lipinski definition) is 2. The summed E-state index contributed by atoms with van der Waals surface area (Å²) in [6.07, 6.45) is 12.5. The van der Waals surface area contributed by atoms with Crippen LogP contribution >= 0.6 is 0 Å². The second kappa shape index (κ2) is 6.80. The normalized spacial score (nSPS) is 15.8. The van der Waals surface area contributed by atoms with Crippen molar-refractivity contribution in [2.24, 2.45) is 0 Å². The zero-order chi connectivity index (χ0) is 11.8. The number of allylic oxidation sites excluding steroid dienone is 5. The molecule has 0 spiro atoms. The number of aliphatic hydroxyl groups is 1. The summed E-state index contributed by atoms with van der Waals surface area (Å²) in [6.45, 7) is 2.26. The molecule has 1 aliphatic carbocycles. The highest BCUT2D eigenvalue weighted by Crippen LogP contribution is 2.05. The third-order valence-corrected chi connectivity index (χ3v) is 1.98. The largest absolute Gasteiger partial charge is 0.513 e. The molecular weight excluding hydrogens is 202 g/mol. The molecule has 0 radical (unpaired) electrons. The smallest absolute Gasteiger partial charge is 0.0910 e. The number of hydrogen-bond acceptors (Lipinski definition) is 3. The first kappa shape index (κ1) is 12.5. The molecule has 0 aromatic carbocycles. The van der Waals surface area contributed by atoms with E-state index in [0.717, 1.165) is 12.0 Å². The Bertz CT molecular complexity index is 358.